The zero-order valence-electron chi connectivity index (χ0n) is 13.0. The highest BCUT2D eigenvalue weighted by Gasteiger charge is 2.18. The van der Waals surface area contributed by atoms with Gasteiger partial charge in [-0.3, -0.25) is 0 Å². The third-order valence-electron chi connectivity index (χ3n) is 3.42. The summed E-state index contributed by atoms with van der Waals surface area (Å²) in [5.74, 6) is -0.511. The van der Waals surface area contributed by atoms with Crippen LogP contribution in [0, 0.1) is 0 Å². The molecule has 0 aromatic rings. The first-order chi connectivity index (χ1) is 10.0. The van der Waals surface area contributed by atoms with Crippen molar-refractivity contribution < 1.29 is 9.18 Å². The Balaban J connectivity index is 2.39. The van der Waals surface area contributed by atoms with Crippen LogP contribution in [0.15, 0.2) is 36.2 Å². The Morgan fingerprint density at radius 1 is 1.43 bits per heavy atom. The molecule has 0 bridgehead atoms. The molecule has 2 amide bonds. The van der Waals surface area contributed by atoms with Crippen LogP contribution >= 0.6 is 0 Å². The van der Waals surface area contributed by atoms with Crippen LogP contribution in [0.4, 0.5) is 9.18 Å². The van der Waals surface area contributed by atoms with E-state index in [0.717, 1.165) is 32.4 Å². The van der Waals surface area contributed by atoms with Crippen molar-refractivity contribution >= 4 is 6.03 Å². The Morgan fingerprint density at radius 2 is 2.10 bits per heavy atom. The van der Waals surface area contributed by atoms with Crippen LogP contribution in [0.2, 0.25) is 0 Å². The number of nitrogens with zero attached hydrogens (tertiary/aromatic N) is 1. The molecule has 21 heavy (non-hydrogen) atoms. The smallest absolute Gasteiger partial charge is 0.315 e. The van der Waals surface area contributed by atoms with Gasteiger partial charge in [0.15, 0.2) is 0 Å². The number of hydrogen-bond acceptors (Lipinski definition) is 2. The molecule has 0 aromatic carbocycles. The molecule has 5 heteroatoms. The largest absolute Gasteiger partial charge is 0.335 e. The molecule has 0 spiro atoms. The van der Waals surface area contributed by atoms with E-state index in [4.69, 9.17) is 0 Å². The fourth-order valence-electron chi connectivity index (χ4n) is 2.20. The standard InChI is InChI=1S/C16H26FN3O/c1-4-5-6-14(11-13(2)17)12-18-16(21)19-15-7-9-20(3)10-8-15/h5-6,11,15H,2,4,7-10,12H2,1,3H3,(H2,18,19,21)/b6-5-,14-11+. The van der Waals surface area contributed by atoms with E-state index in [0.29, 0.717) is 5.57 Å². The number of carbonyl (C=O) groups is 1. The molecule has 2 N–H and O–H groups in total. The van der Waals surface area contributed by atoms with E-state index in [1.165, 1.54) is 6.08 Å². The molecule has 1 saturated heterocycles. The Bertz CT molecular complexity index is 410. The zero-order chi connectivity index (χ0) is 15.7. The van der Waals surface area contributed by atoms with Gasteiger partial charge in [0.05, 0.1) is 0 Å². The molecule has 4 nitrogen and oxygen atoms in total. The van der Waals surface area contributed by atoms with Crippen LogP contribution < -0.4 is 10.6 Å². The topological polar surface area (TPSA) is 44.4 Å². The summed E-state index contributed by atoms with van der Waals surface area (Å²) in [6.45, 7) is 7.50. The highest BCUT2D eigenvalue weighted by molar-refractivity contribution is 5.74. The average molecular weight is 295 g/mol. The lowest BCUT2D eigenvalue weighted by Crippen LogP contribution is -2.47. The quantitative estimate of drug-likeness (QED) is 0.740. The van der Waals surface area contributed by atoms with Crippen molar-refractivity contribution in [2.45, 2.75) is 32.2 Å². The summed E-state index contributed by atoms with van der Waals surface area (Å²) in [4.78, 5) is 14.1. The molecular weight excluding hydrogens is 269 g/mol. The molecule has 0 atom stereocenters. The molecule has 1 aliphatic heterocycles. The lowest BCUT2D eigenvalue weighted by Gasteiger charge is -2.29. The highest BCUT2D eigenvalue weighted by atomic mass is 19.1. The first-order valence-corrected chi connectivity index (χ1v) is 7.45. The van der Waals surface area contributed by atoms with E-state index >= 15 is 0 Å². The van der Waals surface area contributed by atoms with Gasteiger partial charge in [-0.1, -0.05) is 25.7 Å². The number of likely N-dealkylation sites (tertiary alicyclic amines) is 1. The molecule has 118 valence electrons. The van der Waals surface area contributed by atoms with Gasteiger partial charge in [-0.15, -0.1) is 0 Å². The second kappa shape index (κ2) is 9.34. The minimum Gasteiger partial charge on any atom is -0.335 e. The van der Waals surface area contributed by atoms with Gasteiger partial charge in [0.25, 0.3) is 0 Å². The summed E-state index contributed by atoms with van der Waals surface area (Å²) in [7, 11) is 2.08. The van der Waals surface area contributed by atoms with Gasteiger partial charge in [-0.2, -0.15) is 0 Å². The summed E-state index contributed by atoms with van der Waals surface area (Å²) in [5, 5.41) is 5.72. The Kier molecular flexibility index (Phi) is 7.75. The number of urea groups is 1. The van der Waals surface area contributed by atoms with Crippen molar-refractivity contribution in [3.05, 3.63) is 36.2 Å². The van der Waals surface area contributed by atoms with Crippen LogP contribution in [0.3, 0.4) is 0 Å². The Labute approximate surface area is 126 Å². The van der Waals surface area contributed by atoms with Crippen molar-refractivity contribution in [3.63, 3.8) is 0 Å². The molecule has 0 saturated carbocycles. The van der Waals surface area contributed by atoms with Gasteiger partial charge in [-0.05, 0) is 51.0 Å². The van der Waals surface area contributed by atoms with Crippen molar-refractivity contribution in [2.24, 2.45) is 0 Å². The number of allylic oxidation sites excluding steroid dienone is 3. The van der Waals surface area contributed by atoms with E-state index in [1.807, 2.05) is 13.0 Å². The molecular formula is C16H26FN3O. The number of amides is 2. The van der Waals surface area contributed by atoms with E-state index in [1.54, 1.807) is 6.08 Å². The summed E-state index contributed by atoms with van der Waals surface area (Å²) < 4.78 is 12.9. The summed E-state index contributed by atoms with van der Waals surface area (Å²) in [6.07, 6.45) is 7.85. The first-order valence-electron chi connectivity index (χ1n) is 7.45. The van der Waals surface area contributed by atoms with Gasteiger partial charge in [-0.25, -0.2) is 9.18 Å². The van der Waals surface area contributed by atoms with Crippen molar-refractivity contribution in [2.75, 3.05) is 26.7 Å². The maximum absolute atomic E-state index is 12.9. The maximum atomic E-state index is 12.9. The van der Waals surface area contributed by atoms with Crippen molar-refractivity contribution in [1.82, 2.24) is 15.5 Å². The van der Waals surface area contributed by atoms with Crippen LogP contribution in [-0.4, -0.2) is 43.7 Å². The lowest BCUT2D eigenvalue weighted by molar-refractivity contribution is 0.214. The van der Waals surface area contributed by atoms with Gasteiger partial charge >= 0.3 is 6.03 Å². The zero-order valence-corrected chi connectivity index (χ0v) is 13.0. The molecule has 1 aliphatic rings. The summed E-state index contributed by atoms with van der Waals surface area (Å²) in [5.41, 5.74) is 0.697. The van der Waals surface area contributed by atoms with E-state index in [2.05, 4.69) is 29.2 Å². The third kappa shape index (κ3) is 7.66. The number of piperidine rings is 1. The molecule has 0 radical (unpaired) electrons. The van der Waals surface area contributed by atoms with Crippen molar-refractivity contribution in [1.29, 1.82) is 0 Å². The normalized spacial score (nSPS) is 18.0. The van der Waals surface area contributed by atoms with Crippen LogP contribution in [0.5, 0.6) is 0 Å². The SMILES string of the molecule is C=C(F)/C=C(\C=C/CC)CNC(=O)NC1CCN(C)CC1. The summed E-state index contributed by atoms with van der Waals surface area (Å²) in [6, 6.07) is 0.0146. The third-order valence-corrected chi connectivity index (χ3v) is 3.42. The molecule has 1 fully saturated rings. The minimum absolute atomic E-state index is 0.204. The molecule has 0 unspecified atom stereocenters. The van der Waals surface area contributed by atoms with Gasteiger partial charge in [0.2, 0.25) is 0 Å². The number of carbonyl (C=O) groups excluding carboxylic acids is 1. The number of rotatable bonds is 6. The second-order valence-electron chi connectivity index (χ2n) is 5.38. The second-order valence-corrected chi connectivity index (χ2v) is 5.38. The first kappa shape index (κ1) is 17.4. The molecule has 1 heterocycles. The predicted octanol–water partition coefficient (Wildman–Crippen LogP) is 2.76. The molecule has 0 aliphatic carbocycles. The molecule has 1 rings (SSSR count). The maximum Gasteiger partial charge on any atom is 0.315 e. The number of hydrogen-bond donors (Lipinski definition) is 2. The highest BCUT2D eigenvalue weighted by Crippen LogP contribution is 2.08. The van der Waals surface area contributed by atoms with E-state index in [-0.39, 0.29) is 18.6 Å². The Morgan fingerprint density at radius 3 is 2.67 bits per heavy atom. The van der Waals surface area contributed by atoms with Gasteiger partial charge in [0, 0.05) is 12.6 Å². The van der Waals surface area contributed by atoms with Gasteiger partial charge < -0.3 is 15.5 Å². The Hall–Kier alpha value is -1.62. The van der Waals surface area contributed by atoms with Crippen LogP contribution in [-0.2, 0) is 0 Å². The van der Waals surface area contributed by atoms with E-state index in [9.17, 15) is 9.18 Å². The summed E-state index contributed by atoms with van der Waals surface area (Å²) >= 11 is 0. The average Bonchev–Trinajstić information content (AvgIpc) is 2.44. The van der Waals surface area contributed by atoms with Crippen LogP contribution in [0.25, 0.3) is 0 Å². The number of halogens is 1. The van der Waals surface area contributed by atoms with Crippen molar-refractivity contribution in [3.8, 4) is 0 Å². The fourth-order valence-corrected chi connectivity index (χ4v) is 2.20. The molecule has 0 aromatic heterocycles. The van der Waals surface area contributed by atoms with E-state index < -0.39 is 5.83 Å². The monoisotopic (exact) mass is 295 g/mol. The van der Waals surface area contributed by atoms with Gasteiger partial charge in [0.1, 0.15) is 5.83 Å². The lowest BCUT2D eigenvalue weighted by atomic mass is 10.1. The minimum atomic E-state index is -0.511. The number of nitrogens with one attached hydrogen (secondary N) is 2. The van der Waals surface area contributed by atoms with Crippen LogP contribution in [0.1, 0.15) is 26.2 Å². The predicted molar refractivity (Wildman–Crippen MR) is 84.8 cm³/mol. The fraction of sp³-hybridized carbons (Fsp3) is 0.562.